The zero-order valence-corrected chi connectivity index (χ0v) is 18.1. The van der Waals surface area contributed by atoms with E-state index in [9.17, 15) is 14.4 Å². The van der Waals surface area contributed by atoms with Crippen molar-refractivity contribution >= 4 is 23.7 Å². The molecule has 1 atom stereocenters. The van der Waals surface area contributed by atoms with Crippen LogP contribution in [0.5, 0.6) is 0 Å². The lowest BCUT2D eigenvalue weighted by Gasteiger charge is -2.26. The number of hydrogen-bond acceptors (Lipinski definition) is 4. The van der Waals surface area contributed by atoms with Crippen LogP contribution < -0.4 is 10.6 Å². The molecular formula is C22H33N3O4. The minimum atomic E-state index is -0.773. The molecule has 7 nitrogen and oxygen atoms in total. The van der Waals surface area contributed by atoms with Crippen LogP contribution in [0.1, 0.15) is 65.0 Å². The third-order valence-corrected chi connectivity index (χ3v) is 4.86. The van der Waals surface area contributed by atoms with Gasteiger partial charge in [-0.05, 0) is 64.0 Å². The molecule has 1 aliphatic heterocycles. The normalized spacial score (nSPS) is 17.5. The minimum Gasteiger partial charge on any atom is -0.444 e. The van der Waals surface area contributed by atoms with Gasteiger partial charge in [-0.25, -0.2) is 9.59 Å². The van der Waals surface area contributed by atoms with Crippen LogP contribution in [-0.4, -0.2) is 41.1 Å². The summed E-state index contributed by atoms with van der Waals surface area (Å²) in [5, 5.41) is 5.57. The van der Waals surface area contributed by atoms with Crippen molar-refractivity contribution in [2.24, 2.45) is 0 Å². The predicted molar refractivity (Wildman–Crippen MR) is 113 cm³/mol. The number of para-hydroxylation sites is 1. The first-order chi connectivity index (χ1) is 13.7. The number of ether oxygens (including phenoxy) is 1. The summed E-state index contributed by atoms with van der Waals surface area (Å²) in [6.45, 7) is 9.67. The summed E-state index contributed by atoms with van der Waals surface area (Å²) in [7, 11) is 0. The molecule has 4 amide bonds. The zero-order valence-electron chi connectivity index (χ0n) is 18.1. The second kappa shape index (κ2) is 9.76. The van der Waals surface area contributed by atoms with Crippen molar-refractivity contribution in [2.45, 2.75) is 78.4 Å². The third-order valence-electron chi connectivity index (χ3n) is 4.86. The molecule has 160 valence electrons. The number of amides is 4. The maximum Gasteiger partial charge on any atom is 0.408 e. The van der Waals surface area contributed by atoms with Crippen molar-refractivity contribution in [1.82, 2.24) is 10.2 Å². The molecule has 1 aromatic carbocycles. The molecular weight excluding hydrogens is 370 g/mol. The molecule has 0 aliphatic carbocycles. The molecule has 2 N–H and O–H groups in total. The largest absolute Gasteiger partial charge is 0.444 e. The molecule has 29 heavy (non-hydrogen) atoms. The van der Waals surface area contributed by atoms with Gasteiger partial charge in [-0.1, -0.05) is 32.0 Å². The molecule has 1 aromatic rings. The van der Waals surface area contributed by atoms with Crippen LogP contribution in [0.2, 0.25) is 0 Å². The van der Waals surface area contributed by atoms with E-state index in [2.05, 4.69) is 10.6 Å². The summed E-state index contributed by atoms with van der Waals surface area (Å²) >= 11 is 0. The lowest BCUT2D eigenvalue weighted by Crippen LogP contribution is -2.51. The second-order valence-corrected chi connectivity index (χ2v) is 8.27. The topological polar surface area (TPSA) is 87.7 Å². The standard InChI is InChI=1S/C22H33N3O4/c1-6-15-11-10-12-16(7-2)18(15)24-20(27)25-14-9-8-13-17(19(25)26)23-21(28)29-22(3,4)5/h10-12,17H,6-9,13-14H2,1-5H3,(H,23,28)(H,24,27)/t17-/m0/s1. The number of alkyl carbamates (subject to hydrolysis) is 1. The van der Waals surface area contributed by atoms with E-state index >= 15 is 0 Å². The van der Waals surface area contributed by atoms with E-state index in [1.807, 2.05) is 32.0 Å². The predicted octanol–water partition coefficient (Wildman–Crippen LogP) is 4.25. The Morgan fingerprint density at radius 2 is 1.76 bits per heavy atom. The van der Waals surface area contributed by atoms with Crippen LogP contribution in [0.4, 0.5) is 15.3 Å². The number of benzene rings is 1. The molecule has 0 unspecified atom stereocenters. The fraction of sp³-hybridized carbons (Fsp3) is 0.591. The van der Waals surface area contributed by atoms with Crippen LogP contribution >= 0.6 is 0 Å². The van der Waals surface area contributed by atoms with E-state index in [0.29, 0.717) is 19.4 Å². The first-order valence-electron chi connectivity index (χ1n) is 10.4. The zero-order chi connectivity index (χ0) is 21.6. The van der Waals surface area contributed by atoms with Gasteiger partial charge in [0.15, 0.2) is 0 Å². The van der Waals surface area contributed by atoms with Gasteiger partial charge in [0.1, 0.15) is 11.6 Å². The van der Waals surface area contributed by atoms with Gasteiger partial charge in [0.25, 0.3) is 5.91 Å². The average Bonchev–Trinajstić information content (AvgIpc) is 2.82. The highest BCUT2D eigenvalue weighted by Crippen LogP contribution is 2.24. The molecule has 1 saturated heterocycles. The van der Waals surface area contributed by atoms with Crippen molar-refractivity contribution in [3.05, 3.63) is 29.3 Å². The lowest BCUT2D eigenvalue weighted by molar-refractivity contribution is -0.129. The van der Waals surface area contributed by atoms with Crippen LogP contribution in [0.25, 0.3) is 0 Å². The third kappa shape index (κ3) is 6.21. The molecule has 0 saturated carbocycles. The lowest BCUT2D eigenvalue weighted by atomic mass is 10.0. The summed E-state index contributed by atoms with van der Waals surface area (Å²) in [5.41, 5.74) is 2.18. The summed E-state index contributed by atoms with van der Waals surface area (Å²) in [6, 6.07) is 4.71. The van der Waals surface area contributed by atoms with Crippen molar-refractivity contribution in [3.63, 3.8) is 0 Å². The molecule has 0 spiro atoms. The Morgan fingerprint density at radius 3 is 2.31 bits per heavy atom. The summed E-state index contributed by atoms with van der Waals surface area (Å²) in [6.07, 6.45) is 2.82. The van der Waals surface area contributed by atoms with Gasteiger partial charge < -0.3 is 15.4 Å². The van der Waals surface area contributed by atoms with Crippen molar-refractivity contribution in [2.75, 3.05) is 11.9 Å². The van der Waals surface area contributed by atoms with E-state index < -0.39 is 29.7 Å². The highest BCUT2D eigenvalue weighted by molar-refractivity contribution is 6.04. The van der Waals surface area contributed by atoms with E-state index in [0.717, 1.165) is 36.1 Å². The summed E-state index contributed by atoms with van der Waals surface area (Å²) < 4.78 is 5.26. The number of nitrogens with zero attached hydrogens (tertiary/aromatic N) is 1. The highest BCUT2D eigenvalue weighted by atomic mass is 16.6. The SMILES string of the molecule is CCc1cccc(CC)c1NC(=O)N1CCCC[C@H](NC(=O)OC(C)(C)C)C1=O. The highest BCUT2D eigenvalue weighted by Gasteiger charge is 2.33. The first kappa shape index (κ1) is 22.7. The maximum absolute atomic E-state index is 13.0. The second-order valence-electron chi connectivity index (χ2n) is 8.27. The number of likely N-dealkylation sites (tertiary alicyclic amines) is 1. The van der Waals surface area contributed by atoms with Gasteiger partial charge in [0.2, 0.25) is 0 Å². The Morgan fingerprint density at radius 1 is 1.14 bits per heavy atom. The number of carbonyl (C=O) groups excluding carboxylic acids is 3. The quantitative estimate of drug-likeness (QED) is 0.787. The molecule has 7 heteroatoms. The summed E-state index contributed by atoms with van der Waals surface area (Å²) in [4.78, 5) is 39.3. The average molecular weight is 404 g/mol. The number of rotatable bonds is 4. The Kier molecular flexibility index (Phi) is 7.65. The van der Waals surface area contributed by atoms with E-state index in [4.69, 9.17) is 4.74 Å². The molecule has 1 aliphatic rings. The Bertz CT molecular complexity index is 733. The van der Waals surface area contributed by atoms with Crippen LogP contribution in [-0.2, 0) is 22.4 Å². The molecule has 0 bridgehead atoms. The van der Waals surface area contributed by atoms with Crippen molar-refractivity contribution in [3.8, 4) is 0 Å². The van der Waals surface area contributed by atoms with Gasteiger partial charge in [0, 0.05) is 12.2 Å². The number of carbonyl (C=O) groups is 3. The van der Waals surface area contributed by atoms with Gasteiger partial charge in [-0.3, -0.25) is 9.69 Å². The Labute approximate surface area is 173 Å². The number of hydrogen-bond donors (Lipinski definition) is 2. The van der Waals surface area contributed by atoms with Crippen molar-refractivity contribution < 1.29 is 19.1 Å². The van der Waals surface area contributed by atoms with E-state index in [1.165, 1.54) is 4.90 Å². The smallest absolute Gasteiger partial charge is 0.408 e. The Hall–Kier alpha value is -2.57. The van der Waals surface area contributed by atoms with Gasteiger partial charge in [-0.15, -0.1) is 0 Å². The van der Waals surface area contributed by atoms with Crippen molar-refractivity contribution in [1.29, 1.82) is 0 Å². The van der Waals surface area contributed by atoms with Crippen LogP contribution in [0, 0.1) is 0 Å². The fourth-order valence-corrected chi connectivity index (χ4v) is 3.40. The molecule has 0 aromatic heterocycles. The minimum absolute atomic E-state index is 0.326. The van der Waals surface area contributed by atoms with Gasteiger partial charge >= 0.3 is 12.1 Å². The fourth-order valence-electron chi connectivity index (χ4n) is 3.40. The first-order valence-corrected chi connectivity index (χ1v) is 10.4. The Balaban J connectivity index is 2.15. The maximum atomic E-state index is 13.0. The van der Waals surface area contributed by atoms with Crippen LogP contribution in [0.3, 0.4) is 0 Å². The van der Waals surface area contributed by atoms with Crippen LogP contribution in [0.15, 0.2) is 18.2 Å². The van der Waals surface area contributed by atoms with Gasteiger partial charge in [-0.2, -0.15) is 0 Å². The number of anilines is 1. The number of aryl methyl sites for hydroxylation is 2. The number of urea groups is 1. The molecule has 2 rings (SSSR count). The van der Waals surface area contributed by atoms with E-state index in [-0.39, 0.29) is 0 Å². The van der Waals surface area contributed by atoms with Gasteiger partial charge in [0.05, 0.1) is 0 Å². The van der Waals surface area contributed by atoms with E-state index in [1.54, 1.807) is 20.8 Å². The number of imide groups is 1. The molecule has 1 fully saturated rings. The summed E-state index contributed by atoms with van der Waals surface area (Å²) in [5.74, 6) is -0.405. The monoisotopic (exact) mass is 403 g/mol. The number of nitrogens with one attached hydrogen (secondary N) is 2. The molecule has 0 radical (unpaired) electrons. The molecule has 1 heterocycles.